The van der Waals surface area contributed by atoms with E-state index in [1.165, 1.54) is 14.8 Å². The van der Waals surface area contributed by atoms with E-state index in [-0.39, 0.29) is 37.7 Å². The lowest BCUT2D eigenvalue weighted by Crippen LogP contribution is -2.57. The zero-order chi connectivity index (χ0) is 21.7. The molecular weight excluding hydrogens is 408 g/mol. The number of aryl methyl sites for hydroxylation is 1. The Labute approximate surface area is 177 Å². The molecule has 3 amide bonds. The van der Waals surface area contributed by atoms with Crippen LogP contribution in [0.15, 0.2) is 24.3 Å². The Morgan fingerprint density at radius 2 is 1.93 bits per heavy atom. The Bertz CT molecular complexity index is 948. The first-order valence-electron chi connectivity index (χ1n) is 10.2. The number of fused-ring (bicyclic) bond motifs is 1. The number of urea groups is 1. The molecule has 3 atom stereocenters. The van der Waals surface area contributed by atoms with Crippen LogP contribution in [0.5, 0.6) is 0 Å². The molecule has 9 nitrogen and oxygen atoms in total. The van der Waals surface area contributed by atoms with Gasteiger partial charge in [0.25, 0.3) is 0 Å². The molecule has 0 aliphatic carbocycles. The number of rotatable bonds is 4. The third-order valence-corrected chi connectivity index (χ3v) is 8.54. The van der Waals surface area contributed by atoms with Gasteiger partial charge in [-0.2, -0.15) is 4.31 Å². The summed E-state index contributed by atoms with van der Waals surface area (Å²) in [7, 11) is -0.483. The van der Waals surface area contributed by atoms with Crippen LogP contribution in [0.3, 0.4) is 0 Å². The van der Waals surface area contributed by atoms with Crippen molar-refractivity contribution in [3.05, 3.63) is 29.8 Å². The molecule has 3 fully saturated rings. The van der Waals surface area contributed by atoms with E-state index < -0.39 is 20.9 Å². The second kappa shape index (κ2) is 7.51. The van der Waals surface area contributed by atoms with Crippen molar-refractivity contribution in [3.63, 3.8) is 0 Å². The van der Waals surface area contributed by atoms with Gasteiger partial charge in [-0.1, -0.05) is 19.1 Å². The number of likely N-dealkylation sites (N-methyl/N-ethyl adjacent to an activating group) is 1. The number of carbonyl (C=O) groups is 2. The lowest BCUT2D eigenvalue weighted by atomic mass is 9.99. The first-order chi connectivity index (χ1) is 14.1. The molecule has 1 spiro atoms. The van der Waals surface area contributed by atoms with Gasteiger partial charge in [-0.15, -0.1) is 0 Å². The van der Waals surface area contributed by atoms with Crippen LogP contribution < -0.4 is 5.32 Å². The Kier molecular flexibility index (Phi) is 5.27. The smallest absolute Gasteiger partial charge is 0.322 e. The van der Waals surface area contributed by atoms with Crippen molar-refractivity contribution in [3.8, 4) is 0 Å². The number of hydrogen-bond donors (Lipinski definition) is 1. The Hall–Kier alpha value is -2.17. The predicted molar refractivity (Wildman–Crippen MR) is 112 cm³/mol. The Balaban J connectivity index is 1.49. The van der Waals surface area contributed by atoms with Gasteiger partial charge in [0.1, 0.15) is 10.9 Å². The number of morpholine rings is 1. The van der Waals surface area contributed by atoms with Gasteiger partial charge in [0.2, 0.25) is 15.9 Å². The van der Waals surface area contributed by atoms with Gasteiger partial charge in [0, 0.05) is 32.9 Å². The lowest BCUT2D eigenvalue weighted by Gasteiger charge is -2.39. The number of anilines is 1. The van der Waals surface area contributed by atoms with E-state index in [2.05, 4.69) is 12.2 Å². The molecule has 0 unspecified atom stereocenters. The number of ether oxygens (including phenoxy) is 1. The second-order valence-corrected chi connectivity index (χ2v) is 10.6. The summed E-state index contributed by atoms with van der Waals surface area (Å²) in [6.45, 7) is 2.47. The SMILES string of the molecule is CCc1ccc(NC(=O)N2C[C@H]3C[C@H]4[C@](C2)(CN(CC(=O)N(C)C)S4(=O)=O)O3)cc1. The van der Waals surface area contributed by atoms with Crippen molar-refractivity contribution in [1.29, 1.82) is 0 Å². The number of nitrogens with one attached hydrogen (secondary N) is 1. The molecule has 1 aromatic rings. The molecule has 3 aliphatic heterocycles. The molecule has 3 saturated heterocycles. The van der Waals surface area contributed by atoms with Crippen LogP contribution in [0.2, 0.25) is 0 Å². The van der Waals surface area contributed by atoms with E-state index in [0.717, 1.165) is 6.42 Å². The van der Waals surface area contributed by atoms with E-state index in [0.29, 0.717) is 18.7 Å². The van der Waals surface area contributed by atoms with Crippen LogP contribution in [-0.4, -0.2) is 91.7 Å². The highest BCUT2D eigenvalue weighted by Gasteiger charge is 2.65. The normalized spacial score (nSPS) is 29.5. The summed E-state index contributed by atoms with van der Waals surface area (Å²) in [5.41, 5.74) is 0.891. The van der Waals surface area contributed by atoms with Gasteiger partial charge >= 0.3 is 6.03 Å². The number of sulfonamides is 1. The highest BCUT2D eigenvalue weighted by Crippen LogP contribution is 2.46. The average molecular weight is 437 g/mol. The minimum Gasteiger partial charge on any atom is -0.365 e. The number of benzene rings is 1. The summed E-state index contributed by atoms with van der Waals surface area (Å²) in [6.07, 6.45) is 0.938. The highest BCUT2D eigenvalue weighted by molar-refractivity contribution is 7.90. The maximum atomic E-state index is 13.1. The van der Waals surface area contributed by atoms with Gasteiger partial charge in [-0.3, -0.25) is 4.79 Å². The van der Waals surface area contributed by atoms with Gasteiger partial charge < -0.3 is 19.9 Å². The van der Waals surface area contributed by atoms with Gasteiger partial charge in [-0.05, 0) is 30.5 Å². The molecule has 0 radical (unpaired) electrons. The molecule has 164 valence electrons. The van der Waals surface area contributed by atoms with E-state index in [9.17, 15) is 18.0 Å². The summed E-state index contributed by atoms with van der Waals surface area (Å²) >= 11 is 0. The minimum absolute atomic E-state index is 0.0884. The van der Waals surface area contributed by atoms with E-state index in [1.54, 1.807) is 19.0 Å². The van der Waals surface area contributed by atoms with Crippen LogP contribution in [0, 0.1) is 0 Å². The maximum absolute atomic E-state index is 13.1. The molecule has 2 bridgehead atoms. The minimum atomic E-state index is -3.67. The third kappa shape index (κ3) is 3.57. The van der Waals surface area contributed by atoms with Gasteiger partial charge in [0.15, 0.2) is 0 Å². The number of nitrogens with zero attached hydrogens (tertiary/aromatic N) is 3. The van der Waals surface area contributed by atoms with E-state index in [1.807, 2.05) is 24.3 Å². The standard InChI is InChI=1S/C20H28N4O5S/c1-4-14-5-7-15(8-6-14)21-19(26)23-10-16-9-17-20(12-23,29-16)13-24(30(17,27)28)11-18(25)22(2)3/h5-8,16-17H,4,9-13H2,1-3H3,(H,21,26)/t16-,17+,20+/m1/s1. The van der Waals surface area contributed by atoms with Gasteiger partial charge in [-0.25, -0.2) is 13.2 Å². The van der Waals surface area contributed by atoms with Crippen molar-refractivity contribution in [2.75, 3.05) is 45.6 Å². The van der Waals surface area contributed by atoms with E-state index >= 15 is 0 Å². The summed E-state index contributed by atoms with van der Waals surface area (Å²) in [4.78, 5) is 28.0. The molecule has 10 heteroatoms. The third-order valence-electron chi connectivity index (χ3n) is 6.22. The van der Waals surface area contributed by atoms with Crippen LogP contribution in [-0.2, 0) is 26.0 Å². The zero-order valence-electron chi connectivity index (χ0n) is 17.5. The highest BCUT2D eigenvalue weighted by atomic mass is 32.2. The quantitative estimate of drug-likeness (QED) is 0.750. The van der Waals surface area contributed by atoms with Crippen LogP contribution in [0.25, 0.3) is 0 Å². The predicted octanol–water partition coefficient (Wildman–Crippen LogP) is 0.726. The molecule has 3 aliphatic rings. The Morgan fingerprint density at radius 1 is 1.23 bits per heavy atom. The number of amides is 3. The number of hydrogen-bond acceptors (Lipinski definition) is 5. The first-order valence-corrected chi connectivity index (χ1v) is 11.7. The molecule has 1 aromatic carbocycles. The number of likely N-dealkylation sites (tertiary alicyclic amines) is 1. The topological polar surface area (TPSA) is 99.3 Å². The average Bonchev–Trinajstić information content (AvgIpc) is 3.07. The summed E-state index contributed by atoms with van der Waals surface area (Å²) in [5, 5.41) is 2.17. The second-order valence-electron chi connectivity index (χ2n) is 8.49. The molecular formula is C20H28N4O5S. The molecule has 30 heavy (non-hydrogen) atoms. The van der Waals surface area contributed by atoms with Crippen molar-refractivity contribution in [2.24, 2.45) is 0 Å². The fourth-order valence-electron chi connectivity index (χ4n) is 4.56. The summed E-state index contributed by atoms with van der Waals surface area (Å²) in [6, 6.07) is 7.39. The van der Waals surface area contributed by atoms with Crippen molar-refractivity contribution in [1.82, 2.24) is 14.1 Å². The first kappa shape index (κ1) is 21.1. The molecule has 0 aromatic heterocycles. The van der Waals surface area contributed by atoms with Gasteiger partial charge in [0.05, 0.1) is 19.2 Å². The zero-order valence-corrected chi connectivity index (χ0v) is 18.3. The number of carbonyl (C=O) groups excluding carboxylic acids is 2. The molecule has 3 heterocycles. The maximum Gasteiger partial charge on any atom is 0.322 e. The monoisotopic (exact) mass is 436 g/mol. The fourth-order valence-corrected chi connectivity index (χ4v) is 6.82. The summed E-state index contributed by atoms with van der Waals surface area (Å²) < 4.78 is 33.4. The molecule has 4 rings (SSSR count). The summed E-state index contributed by atoms with van der Waals surface area (Å²) in [5.74, 6) is -0.285. The molecule has 1 N–H and O–H groups in total. The van der Waals surface area contributed by atoms with Crippen LogP contribution in [0.4, 0.5) is 10.5 Å². The lowest BCUT2D eigenvalue weighted by molar-refractivity contribution is -0.130. The Morgan fingerprint density at radius 3 is 2.57 bits per heavy atom. The van der Waals surface area contributed by atoms with Crippen LogP contribution in [0.1, 0.15) is 18.9 Å². The van der Waals surface area contributed by atoms with Crippen molar-refractivity contribution >= 4 is 27.6 Å². The molecule has 0 saturated carbocycles. The van der Waals surface area contributed by atoms with E-state index in [4.69, 9.17) is 4.74 Å². The van der Waals surface area contributed by atoms with Crippen molar-refractivity contribution < 1.29 is 22.7 Å². The fraction of sp³-hybridized carbons (Fsp3) is 0.600. The van der Waals surface area contributed by atoms with Crippen LogP contribution >= 0.6 is 0 Å². The largest absolute Gasteiger partial charge is 0.365 e. The van der Waals surface area contributed by atoms with Crippen molar-refractivity contribution in [2.45, 2.75) is 36.7 Å².